The maximum atomic E-state index is 6.54. The first-order valence-electron chi connectivity index (χ1n) is 4.99. The Kier molecular flexibility index (Phi) is 1.54. The van der Waals surface area contributed by atoms with Gasteiger partial charge in [-0.1, -0.05) is 0 Å². The van der Waals surface area contributed by atoms with Crippen molar-refractivity contribution in [1.29, 1.82) is 0 Å². The molecule has 0 aromatic rings. The molecule has 68 valence electrons. The maximum Gasteiger partial charge on any atom is 0.0455 e. The molecule has 0 N–H and O–H groups in total. The quantitative estimate of drug-likeness (QED) is 0.531. The Morgan fingerprint density at radius 2 is 1.58 bits per heavy atom. The minimum absolute atomic E-state index is 0.169. The molecule has 12 heavy (non-hydrogen) atoms. The van der Waals surface area contributed by atoms with Gasteiger partial charge in [0, 0.05) is 10.3 Å². The minimum Gasteiger partial charge on any atom is -0.122 e. The van der Waals surface area contributed by atoms with Gasteiger partial charge >= 0.3 is 0 Å². The van der Waals surface area contributed by atoms with E-state index in [4.69, 9.17) is 23.2 Å². The number of alkyl halides is 2. The summed E-state index contributed by atoms with van der Waals surface area (Å²) in [6, 6.07) is 0. The van der Waals surface area contributed by atoms with E-state index in [0.29, 0.717) is 5.38 Å². The Balaban J connectivity index is 1.95. The highest BCUT2D eigenvalue weighted by molar-refractivity contribution is 6.25. The first-order valence-corrected chi connectivity index (χ1v) is 5.81. The summed E-state index contributed by atoms with van der Waals surface area (Å²) >= 11 is 12.9. The molecule has 0 radical (unpaired) electrons. The average Bonchev–Trinajstić information content (AvgIpc) is 1.96. The van der Waals surface area contributed by atoms with Crippen LogP contribution in [0.1, 0.15) is 32.1 Å². The monoisotopic (exact) mass is 204 g/mol. The molecule has 2 heteroatoms. The van der Waals surface area contributed by atoms with Crippen LogP contribution in [0.5, 0.6) is 0 Å². The van der Waals surface area contributed by atoms with Crippen molar-refractivity contribution in [3.63, 3.8) is 0 Å². The highest BCUT2D eigenvalue weighted by Gasteiger charge is 2.54. The maximum absolute atomic E-state index is 6.54. The van der Waals surface area contributed by atoms with Crippen LogP contribution in [0.25, 0.3) is 0 Å². The van der Waals surface area contributed by atoms with E-state index in [0.717, 1.165) is 17.8 Å². The zero-order chi connectivity index (χ0) is 8.34. The summed E-state index contributed by atoms with van der Waals surface area (Å²) in [5.74, 6) is 2.40. The lowest BCUT2D eigenvalue weighted by Crippen LogP contribution is -2.52. The third-order valence-corrected chi connectivity index (χ3v) is 5.26. The first-order chi connectivity index (χ1) is 5.66. The molecule has 0 aromatic heterocycles. The summed E-state index contributed by atoms with van der Waals surface area (Å²) in [4.78, 5) is 0.169. The molecular weight excluding hydrogens is 191 g/mol. The van der Waals surface area contributed by atoms with Crippen molar-refractivity contribution in [2.45, 2.75) is 42.4 Å². The van der Waals surface area contributed by atoms with E-state index in [9.17, 15) is 0 Å². The Morgan fingerprint density at radius 3 is 2.08 bits per heavy atom. The van der Waals surface area contributed by atoms with Gasteiger partial charge in [0.25, 0.3) is 0 Å². The van der Waals surface area contributed by atoms with Crippen molar-refractivity contribution in [1.82, 2.24) is 0 Å². The van der Waals surface area contributed by atoms with Gasteiger partial charge in [-0.3, -0.25) is 0 Å². The number of hydrogen-bond donors (Lipinski definition) is 0. The van der Waals surface area contributed by atoms with Gasteiger partial charge in [-0.25, -0.2) is 0 Å². The van der Waals surface area contributed by atoms with E-state index < -0.39 is 0 Å². The molecule has 0 heterocycles. The Hall–Kier alpha value is 0.580. The molecule has 4 saturated carbocycles. The van der Waals surface area contributed by atoms with Crippen molar-refractivity contribution < 1.29 is 0 Å². The molecule has 0 spiro atoms. The first kappa shape index (κ1) is 7.94. The van der Waals surface area contributed by atoms with Crippen LogP contribution in [0.15, 0.2) is 0 Å². The van der Waals surface area contributed by atoms with Crippen molar-refractivity contribution in [3.05, 3.63) is 0 Å². The second kappa shape index (κ2) is 2.33. The number of hydrogen-bond acceptors (Lipinski definition) is 0. The highest BCUT2D eigenvalue weighted by Crippen LogP contribution is 2.59. The number of halogens is 2. The molecule has 2 atom stereocenters. The molecule has 0 amide bonds. The van der Waals surface area contributed by atoms with E-state index in [1.54, 1.807) is 0 Å². The van der Waals surface area contributed by atoms with Gasteiger partial charge < -0.3 is 0 Å². The largest absolute Gasteiger partial charge is 0.122 e. The normalized spacial score (nSPS) is 62.5. The van der Waals surface area contributed by atoms with Crippen LogP contribution in [0.4, 0.5) is 0 Å². The van der Waals surface area contributed by atoms with Gasteiger partial charge in [0.05, 0.1) is 0 Å². The van der Waals surface area contributed by atoms with Crippen LogP contribution < -0.4 is 0 Å². The van der Waals surface area contributed by atoms with Crippen LogP contribution in [0.3, 0.4) is 0 Å². The molecule has 4 fully saturated rings. The SMILES string of the molecule is ClC1C2CC3CC1CC(Cl)(C3)C2. The second-order valence-corrected chi connectivity index (χ2v) is 6.37. The van der Waals surface area contributed by atoms with E-state index >= 15 is 0 Å². The van der Waals surface area contributed by atoms with Gasteiger partial charge in [-0.2, -0.15) is 0 Å². The molecule has 2 unspecified atom stereocenters. The third kappa shape index (κ3) is 0.974. The molecular formula is C10H14Cl2. The molecule has 4 rings (SSSR count). The van der Waals surface area contributed by atoms with E-state index in [1.165, 1.54) is 32.1 Å². The van der Waals surface area contributed by atoms with E-state index in [2.05, 4.69) is 0 Å². The zero-order valence-corrected chi connectivity index (χ0v) is 8.61. The van der Waals surface area contributed by atoms with Gasteiger partial charge in [-0.05, 0) is 49.9 Å². The lowest BCUT2D eigenvalue weighted by molar-refractivity contribution is 0.0396. The Labute approximate surface area is 83.6 Å². The Morgan fingerprint density at radius 1 is 1.00 bits per heavy atom. The second-order valence-electron chi connectivity index (χ2n) is 5.07. The zero-order valence-electron chi connectivity index (χ0n) is 7.10. The molecule has 0 saturated heterocycles. The van der Waals surface area contributed by atoms with Crippen molar-refractivity contribution >= 4 is 23.2 Å². The summed E-state index contributed by atoms with van der Waals surface area (Å²) in [6.45, 7) is 0. The summed E-state index contributed by atoms with van der Waals surface area (Å²) < 4.78 is 0. The minimum atomic E-state index is 0.169. The van der Waals surface area contributed by atoms with Gasteiger partial charge in [0.1, 0.15) is 0 Å². The smallest absolute Gasteiger partial charge is 0.0455 e. The van der Waals surface area contributed by atoms with Crippen molar-refractivity contribution in [2.75, 3.05) is 0 Å². The summed E-state index contributed by atoms with van der Waals surface area (Å²) in [6.07, 6.45) is 6.37. The van der Waals surface area contributed by atoms with Crippen LogP contribution in [-0.4, -0.2) is 10.3 Å². The average molecular weight is 205 g/mol. The van der Waals surface area contributed by atoms with Crippen LogP contribution >= 0.6 is 23.2 Å². The van der Waals surface area contributed by atoms with Crippen molar-refractivity contribution in [3.8, 4) is 0 Å². The van der Waals surface area contributed by atoms with Gasteiger partial charge in [0.15, 0.2) is 0 Å². The molecule has 0 aromatic carbocycles. The molecule has 0 aliphatic heterocycles. The summed E-state index contributed by atoms with van der Waals surface area (Å²) in [5, 5.41) is 0.452. The van der Waals surface area contributed by atoms with E-state index in [1.807, 2.05) is 0 Å². The fraction of sp³-hybridized carbons (Fsp3) is 1.00. The van der Waals surface area contributed by atoms with Crippen LogP contribution in [0, 0.1) is 17.8 Å². The van der Waals surface area contributed by atoms with Crippen molar-refractivity contribution in [2.24, 2.45) is 17.8 Å². The topological polar surface area (TPSA) is 0 Å². The standard InChI is InChI=1S/C10H14Cl2/c11-9-7-1-6-2-8(9)5-10(12,3-6)4-7/h6-9H,1-5H2. The molecule has 4 aliphatic rings. The summed E-state index contributed by atoms with van der Waals surface area (Å²) in [5.41, 5.74) is 0. The third-order valence-electron chi connectivity index (χ3n) is 4.08. The predicted molar refractivity (Wildman–Crippen MR) is 51.8 cm³/mol. The lowest BCUT2D eigenvalue weighted by Gasteiger charge is -2.56. The van der Waals surface area contributed by atoms with Gasteiger partial charge in [-0.15, -0.1) is 23.2 Å². The van der Waals surface area contributed by atoms with Crippen LogP contribution in [-0.2, 0) is 0 Å². The molecule has 4 aliphatic carbocycles. The van der Waals surface area contributed by atoms with Crippen LogP contribution in [0.2, 0.25) is 0 Å². The molecule has 4 bridgehead atoms. The highest BCUT2D eigenvalue weighted by atomic mass is 35.5. The predicted octanol–water partition coefficient (Wildman–Crippen LogP) is 3.41. The fourth-order valence-corrected chi connectivity index (χ4v) is 4.86. The number of rotatable bonds is 0. The lowest BCUT2D eigenvalue weighted by atomic mass is 9.55. The summed E-state index contributed by atoms with van der Waals surface area (Å²) in [7, 11) is 0. The molecule has 0 nitrogen and oxygen atoms in total. The van der Waals surface area contributed by atoms with E-state index in [-0.39, 0.29) is 4.87 Å². The van der Waals surface area contributed by atoms with Gasteiger partial charge in [0.2, 0.25) is 0 Å². The fourth-order valence-electron chi connectivity index (χ4n) is 3.86. The Bertz CT molecular complexity index is 198.